The Morgan fingerprint density at radius 2 is 2.14 bits per heavy atom. The lowest BCUT2D eigenvalue weighted by Gasteiger charge is -2.11. The minimum atomic E-state index is 0.360. The molecule has 1 aromatic rings. The summed E-state index contributed by atoms with van der Waals surface area (Å²) in [6.07, 6.45) is 2.62. The van der Waals surface area contributed by atoms with Crippen molar-refractivity contribution in [2.24, 2.45) is 0 Å². The van der Waals surface area contributed by atoms with E-state index in [9.17, 15) is 0 Å². The summed E-state index contributed by atoms with van der Waals surface area (Å²) in [5.41, 5.74) is 2.69. The molecule has 1 aromatic carbocycles. The third-order valence-electron chi connectivity index (χ3n) is 2.84. The minimum Gasteiger partial charge on any atom is -0.496 e. The Kier molecular flexibility index (Phi) is 2.49. The molecule has 0 aromatic heterocycles. The van der Waals surface area contributed by atoms with Gasteiger partial charge in [0.2, 0.25) is 0 Å². The van der Waals surface area contributed by atoms with Gasteiger partial charge in [0.25, 0.3) is 0 Å². The summed E-state index contributed by atoms with van der Waals surface area (Å²) in [5.74, 6) is 2.14. The summed E-state index contributed by atoms with van der Waals surface area (Å²) in [6.45, 7) is 6.17. The van der Waals surface area contributed by atoms with Gasteiger partial charge in [-0.25, -0.2) is 0 Å². The van der Waals surface area contributed by atoms with Crippen LogP contribution in [0.5, 0.6) is 5.75 Å². The van der Waals surface area contributed by atoms with Crippen LogP contribution in [0.2, 0.25) is 0 Å². The van der Waals surface area contributed by atoms with Crippen LogP contribution >= 0.6 is 0 Å². The molecule has 1 unspecified atom stereocenters. The first-order valence-electron chi connectivity index (χ1n) is 5.23. The topological polar surface area (TPSA) is 9.23 Å². The summed E-state index contributed by atoms with van der Waals surface area (Å²) < 4.78 is 5.36. The van der Waals surface area contributed by atoms with Gasteiger partial charge in [-0.3, -0.25) is 0 Å². The molecular formula is C13H17O. The van der Waals surface area contributed by atoms with Gasteiger partial charge in [-0.05, 0) is 48.8 Å². The fraction of sp³-hybridized carbons (Fsp3) is 0.462. The van der Waals surface area contributed by atoms with Gasteiger partial charge in [-0.15, -0.1) is 0 Å². The molecule has 0 saturated heterocycles. The predicted molar refractivity (Wildman–Crippen MR) is 58.7 cm³/mol. The molecule has 1 atom stereocenters. The van der Waals surface area contributed by atoms with E-state index < -0.39 is 0 Å². The van der Waals surface area contributed by atoms with Crippen molar-refractivity contribution in [3.63, 3.8) is 0 Å². The third-order valence-corrected chi connectivity index (χ3v) is 2.84. The first kappa shape index (κ1) is 9.57. The van der Waals surface area contributed by atoms with Crippen LogP contribution in [0.3, 0.4) is 0 Å². The number of hydrogen-bond acceptors (Lipinski definition) is 1. The number of hydrogen-bond donors (Lipinski definition) is 0. The second-order valence-electron chi connectivity index (χ2n) is 4.18. The molecule has 1 saturated carbocycles. The summed E-state index contributed by atoms with van der Waals surface area (Å²) in [6, 6.07) is 6.45. The smallest absolute Gasteiger partial charge is 0.122 e. The fourth-order valence-corrected chi connectivity index (χ4v) is 1.77. The molecule has 75 valence electrons. The fourth-order valence-electron chi connectivity index (χ4n) is 1.77. The van der Waals surface area contributed by atoms with Crippen LogP contribution in [0, 0.1) is 6.92 Å². The van der Waals surface area contributed by atoms with Gasteiger partial charge in [0.05, 0.1) is 7.11 Å². The molecule has 1 heteroatoms. The van der Waals surface area contributed by atoms with Crippen molar-refractivity contribution in [2.45, 2.75) is 31.6 Å². The molecule has 0 bridgehead atoms. The Hall–Kier alpha value is -0.980. The van der Waals surface area contributed by atoms with E-state index in [2.05, 4.69) is 32.0 Å². The van der Waals surface area contributed by atoms with Crippen LogP contribution in [-0.2, 0) is 0 Å². The van der Waals surface area contributed by atoms with Crippen molar-refractivity contribution in [1.82, 2.24) is 0 Å². The standard InChI is InChI=1S/C13H17O/c1-9(2)11-6-7-13(14-3)12(8-11)10-4-5-10/h6-10H,1,4-5H2,2-3H3. The van der Waals surface area contributed by atoms with E-state index in [1.54, 1.807) is 7.11 Å². The number of methoxy groups -OCH3 is 1. The van der Waals surface area contributed by atoms with Crippen molar-refractivity contribution in [3.05, 3.63) is 36.2 Å². The number of ether oxygens (including phenoxy) is 1. The third kappa shape index (κ3) is 1.77. The van der Waals surface area contributed by atoms with Gasteiger partial charge in [0.15, 0.2) is 0 Å². The van der Waals surface area contributed by atoms with E-state index in [0.29, 0.717) is 5.92 Å². The molecule has 0 N–H and O–H groups in total. The molecule has 0 amide bonds. The van der Waals surface area contributed by atoms with Crippen LogP contribution in [0.15, 0.2) is 18.2 Å². The van der Waals surface area contributed by atoms with Crippen LogP contribution in [0.25, 0.3) is 0 Å². The summed E-state index contributed by atoms with van der Waals surface area (Å²) in [4.78, 5) is 0. The molecule has 0 spiro atoms. The molecule has 1 aliphatic carbocycles. The summed E-state index contributed by atoms with van der Waals surface area (Å²) >= 11 is 0. The highest BCUT2D eigenvalue weighted by molar-refractivity contribution is 5.42. The van der Waals surface area contributed by atoms with Crippen LogP contribution < -0.4 is 4.74 Å². The van der Waals surface area contributed by atoms with Gasteiger partial charge in [0.1, 0.15) is 5.75 Å². The van der Waals surface area contributed by atoms with E-state index >= 15 is 0 Å². The van der Waals surface area contributed by atoms with Gasteiger partial charge in [0, 0.05) is 0 Å². The average Bonchev–Trinajstić information content (AvgIpc) is 3.00. The minimum absolute atomic E-state index is 0.360. The Bertz CT molecular complexity index is 324. The molecule has 1 radical (unpaired) electrons. The highest BCUT2D eigenvalue weighted by Gasteiger charge is 2.26. The monoisotopic (exact) mass is 189 g/mol. The molecule has 1 aliphatic rings. The zero-order chi connectivity index (χ0) is 10.1. The first-order chi connectivity index (χ1) is 6.72. The first-order valence-corrected chi connectivity index (χ1v) is 5.23. The Morgan fingerprint density at radius 3 is 2.64 bits per heavy atom. The van der Waals surface area contributed by atoms with Crippen molar-refractivity contribution in [1.29, 1.82) is 0 Å². The highest BCUT2D eigenvalue weighted by Crippen LogP contribution is 2.45. The molecule has 1 fully saturated rings. The van der Waals surface area contributed by atoms with E-state index in [1.165, 1.54) is 24.0 Å². The molecule has 0 heterocycles. The Balaban J connectivity index is 2.36. The zero-order valence-electron chi connectivity index (χ0n) is 8.92. The van der Waals surface area contributed by atoms with Gasteiger partial charge < -0.3 is 4.74 Å². The van der Waals surface area contributed by atoms with Gasteiger partial charge >= 0.3 is 0 Å². The highest BCUT2D eigenvalue weighted by atomic mass is 16.5. The Labute approximate surface area is 86.1 Å². The van der Waals surface area contributed by atoms with E-state index in [-0.39, 0.29) is 0 Å². The molecule has 1 nitrogen and oxygen atoms in total. The van der Waals surface area contributed by atoms with Gasteiger partial charge in [-0.2, -0.15) is 0 Å². The second-order valence-corrected chi connectivity index (χ2v) is 4.18. The maximum atomic E-state index is 5.36. The lowest BCUT2D eigenvalue weighted by atomic mass is 9.98. The van der Waals surface area contributed by atoms with Crippen molar-refractivity contribution >= 4 is 0 Å². The predicted octanol–water partition coefficient (Wildman–Crippen LogP) is 3.51. The van der Waals surface area contributed by atoms with E-state index in [0.717, 1.165) is 11.7 Å². The SMILES string of the molecule is [CH2]C(C)c1ccc(OC)c(C2CC2)c1. The summed E-state index contributed by atoms with van der Waals surface area (Å²) in [7, 11) is 1.74. The van der Waals surface area contributed by atoms with Crippen LogP contribution in [0.1, 0.15) is 42.7 Å². The normalized spacial score (nSPS) is 16.0. The molecular weight excluding hydrogens is 172 g/mol. The zero-order valence-corrected chi connectivity index (χ0v) is 8.92. The Morgan fingerprint density at radius 1 is 1.43 bits per heavy atom. The number of benzene rings is 1. The quantitative estimate of drug-likeness (QED) is 0.707. The largest absolute Gasteiger partial charge is 0.496 e. The maximum absolute atomic E-state index is 5.36. The van der Waals surface area contributed by atoms with Crippen molar-refractivity contribution < 1.29 is 4.74 Å². The van der Waals surface area contributed by atoms with Crippen LogP contribution in [0.4, 0.5) is 0 Å². The molecule has 2 rings (SSSR count). The molecule has 14 heavy (non-hydrogen) atoms. The summed E-state index contributed by atoms with van der Waals surface area (Å²) in [5, 5.41) is 0. The van der Waals surface area contributed by atoms with Crippen molar-refractivity contribution in [2.75, 3.05) is 7.11 Å². The van der Waals surface area contributed by atoms with Crippen molar-refractivity contribution in [3.8, 4) is 5.75 Å². The lowest BCUT2D eigenvalue weighted by molar-refractivity contribution is 0.409. The van der Waals surface area contributed by atoms with E-state index in [4.69, 9.17) is 4.74 Å². The average molecular weight is 189 g/mol. The second kappa shape index (κ2) is 3.64. The maximum Gasteiger partial charge on any atom is 0.122 e. The lowest BCUT2D eigenvalue weighted by Crippen LogP contribution is -1.94. The van der Waals surface area contributed by atoms with Gasteiger partial charge in [-0.1, -0.05) is 19.1 Å². The molecule has 0 aliphatic heterocycles. The number of rotatable bonds is 3. The van der Waals surface area contributed by atoms with E-state index in [1.807, 2.05) is 0 Å². The van der Waals surface area contributed by atoms with Crippen LogP contribution in [-0.4, -0.2) is 7.11 Å².